The lowest BCUT2D eigenvalue weighted by Crippen LogP contribution is -2.49. The van der Waals surface area contributed by atoms with Crippen LogP contribution in [-0.2, 0) is 11.3 Å². The van der Waals surface area contributed by atoms with Crippen LogP contribution in [0.2, 0.25) is 0 Å². The van der Waals surface area contributed by atoms with Gasteiger partial charge in [0.1, 0.15) is 0 Å². The summed E-state index contributed by atoms with van der Waals surface area (Å²) in [5.74, 6) is 1.44. The third-order valence-corrected chi connectivity index (χ3v) is 6.84. The number of piperazine rings is 1. The average molecular weight is 468 g/mol. The number of fused-ring (bicyclic) bond motifs is 1. The molecule has 2 aliphatic heterocycles. The van der Waals surface area contributed by atoms with E-state index in [2.05, 4.69) is 11.8 Å². The Balaban J connectivity index is 1.68. The molecule has 1 unspecified atom stereocenters. The molecule has 34 heavy (non-hydrogen) atoms. The van der Waals surface area contributed by atoms with Gasteiger partial charge in [0.25, 0.3) is 5.91 Å². The van der Waals surface area contributed by atoms with Crippen LogP contribution in [0.3, 0.4) is 0 Å². The van der Waals surface area contributed by atoms with Gasteiger partial charge in [-0.2, -0.15) is 0 Å². The first kappa shape index (κ1) is 23.9. The summed E-state index contributed by atoms with van der Waals surface area (Å²) in [4.78, 5) is 32.8. The minimum absolute atomic E-state index is 0.0401. The molecule has 0 radical (unpaired) electrons. The quantitative estimate of drug-likeness (QED) is 0.595. The van der Waals surface area contributed by atoms with Gasteiger partial charge in [-0.05, 0) is 35.9 Å². The summed E-state index contributed by atoms with van der Waals surface area (Å²) in [6.07, 6.45) is 0.185. The van der Waals surface area contributed by atoms with Crippen LogP contribution in [-0.4, -0.2) is 80.6 Å². The molecule has 2 amide bonds. The van der Waals surface area contributed by atoms with Gasteiger partial charge in [-0.15, -0.1) is 0 Å². The number of carbonyl (C=O) groups excluding carboxylic acids is 2. The standard InChI is InChI=1S/C26H33N3O5/c1-5-27-10-12-28(13-11-27)24(30)16-21(29-17-18-8-6-7-9-20(18)26(29)31)19-14-22(32-2)25(34-4)23(15-19)33-3/h6-9,14-15,21H,5,10-13,16-17H2,1-4H3. The van der Waals surface area contributed by atoms with Crippen molar-refractivity contribution in [1.29, 1.82) is 0 Å². The zero-order valence-corrected chi connectivity index (χ0v) is 20.4. The summed E-state index contributed by atoms with van der Waals surface area (Å²) >= 11 is 0. The summed E-state index contributed by atoms with van der Waals surface area (Å²) in [6, 6.07) is 10.8. The SMILES string of the molecule is CCN1CCN(C(=O)CC(c2cc(OC)c(OC)c(OC)c2)N2Cc3ccccc3C2=O)CC1. The van der Waals surface area contributed by atoms with E-state index in [1.165, 1.54) is 0 Å². The van der Waals surface area contributed by atoms with E-state index >= 15 is 0 Å². The van der Waals surface area contributed by atoms with Crippen molar-refractivity contribution in [3.05, 3.63) is 53.1 Å². The fraction of sp³-hybridized carbons (Fsp3) is 0.462. The molecular weight excluding hydrogens is 434 g/mol. The van der Waals surface area contributed by atoms with Gasteiger partial charge < -0.3 is 28.9 Å². The fourth-order valence-corrected chi connectivity index (χ4v) is 4.84. The highest BCUT2D eigenvalue weighted by molar-refractivity contribution is 5.99. The summed E-state index contributed by atoms with van der Waals surface area (Å²) in [5.41, 5.74) is 2.43. The van der Waals surface area contributed by atoms with Crippen molar-refractivity contribution in [2.75, 3.05) is 54.1 Å². The fourth-order valence-electron chi connectivity index (χ4n) is 4.84. The first-order valence-electron chi connectivity index (χ1n) is 11.7. The van der Waals surface area contributed by atoms with Crippen LogP contribution in [0.25, 0.3) is 0 Å². The molecule has 1 saturated heterocycles. The zero-order valence-electron chi connectivity index (χ0n) is 20.4. The number of hydrogen-bond donors (Lipinski definition) is 0. The number of amides is 2. The first-order valence-corrected chi connectivity index (χ1v) is 11.7. The molecule has 8 nitrogen and oxygen atoms in total. The molecule has 2 aromatic carbocycles. The van der Waals surface area contributed by atoms with Gasteiger partial charge in [-0.25, -0.2) is 0 Å². The number of likely N-dealkylation sites (N-methyl/N-ethyl adjacent to an activating group) is 1. The van der Waals surface area contributed by atoms with E-state index in [0.29, 0.717) is 42.4 Å². The van der Waals surface area contributed by atoms with Gasteiger partial charge in [0, 0.05) is 38.3 Å². The second kappa shape index (κ2) is 10.3. The Labute approximate surface area is 201 Å². The topological polar surface area (TPSA) is 71.6 Å². The number of hydrogen-bond acceptors (Lipinski definition) is 6. The Morgan fingerprint density at radius 2 is 1.62 bits per heavy atom. The van der Waals surface area contributed by atoms with Crippen LogP contribution >= 0.6 is 0 Å². The van der Waals surface area contributed by atoms with E-state index in [4.69, 9.17) is 14.2 Å². The maximum absolute atomic E-state index is 13.4. The predicted octanol–water partition coefficient (Wildman–Crippen LogP) is 2.96. The molecule has 0 aliphatic carbocycles. The van der Waals surface area contributed by atoms with Crippen molar-refractivity contribution in [2.24, 2.45) is 0 Å². The van der Waals surface area contributed by atoms with Crippen LogP contribution in [0.15, 0.2) is 36.4 Å². The van der Waals surface area contributed by atoms with E-state index in [-0.39, 0.29) is 18.2 Å². The van der Waals surface area contributed by atoms with Crippen LogP contribution in [0.4, 0.5) is 0 Å². The highest BCUT2D eigenvalue weighted by Crippen LogP contribution is 2.43. The number of carbonyl (C=O) groups is 2. The first-order chi connectivity index (χ1) is 16.5. The van der Waals surface area contributed by atoms with Crippen LogP contribution < -0.4 is 14.2 Å². The van der Waals surface area contributed by atoms with E-state index in [1.807, 2.05) is 41.3 Å². The van der Waals surface area contributed by atoms with Crippen LogP contribution in [0.5, 0.6) is 17.2 Å². The molecule has 182 valence electrons. The van der Waals surface area contributed by atoms with Crippen LogP contribution in [0.1, 0.15) is 40.9 Å². The molecular formula is C26H33N3O5. The zero-order chi connectivity index (χ0) is 24.2. The second-order valence-electron chi connectivity index (χ2n) is 8.58. The molecule has 2 aromatic rings. The lowest BCUT2D eigenvalue weighted by molar-refractivity contribution is -0.134. The molecule has 8 heteroatoms. The molecule has 4 rings (SSSR count). The minimum atomic E-state index is -0.467. The molecule has 0 saturated carbocycles. The van der Waals surface area contributed by atoms with Crippen LogP contribution in [0, 0.1) is 0 Å². The number of ether oxygens (including phenoxy) is 3. The van der Waals surface area contributed by atoms with Gasteiger partial charge >= 0.3 is 0 Å². The molecule has 1 fully saturated rings. The smallest absolute Gasteiger partial charge is 0.255 e. The van der Waals surface area contributed by atoms with Crippen molar-refractivity contribution >= 4 is 11.8 Å². The van der Waals surface area contributed by atoms with E-state index in [9.17, 15) is 9.59 Å². The van der Waals surface area contributed by atoms with Crippen molar-refractivity contribution in [2.45, 2.75) is 25.9 Å². The second-order valence-corrected chi connectivity index (χ2v) is 8.58. The predicted molar refractivity (Wildman–Crippen MR) is 128 cm³/mol. The molecule has 2 aliphatic rings. The molecule has 0 bridgehead atoms. The largest absolute Gasteiger partial charge is 0.493 e. The van der Waals surface area contributed by atoms with E-state index in [1.54, 1.807) is 26.2 Å². The van der Waals surface area contributed by atoms with Gasteiger partial charge in [-0.3, -0.25) is 9.59 Å². The van der Waals surface area contributed by atoms with Gasteiger partial charge in [-0.1, -0.05) is 25.1 Å². The Morgan fingerprint density at radius 1 is 0.971 bits per heavy atom. The third kappa shape index (κ3) is 4.55. The Morgan fingerprint density at radius 3 is 2.18 bits per heavy atom. The van der Waals surface area contributed by atoms with E-state index < -0.39 is 6.04 Å². The van der Waals surface area contributed by atoms with Gasteiger partial charge in [0.15, 0.2) is 11.5 Å². The van der Waals surface area contributed by atoms with Crippen molar-refractivity contribution in [3.8, 4) is 17.2 Å². The summed E-state index contributed by atoms with van der Waals surface area (Å²) in [6.45, 7) is 6.69. The third-order valence-electron chi connectivity index (χ3n) is 6.84. The molecule has 1 atom stereocenters. The molecule has 0 N–H and O–H groups in total. The highest BCUT2D eigenvalue weighted by Gasteiger charge is 2.36. The maximum Gasteiger partial charge on any atom is 0.255 e. The van der Waals surface area contributed by atoms with Gasteiger partial charge in [0.2, 0.25) is 11.7 Å². The Hall–Kier alpha value is -3.26. The Bertz CT molecular complexity index is 1020. The summed E-state index contributed by atoms with van der Waals surface area (Å²) in [7, 11) is 4.67. The number of methoxy groups -OCH3 is 3. The number of rotatable bonds is 8. The highest BCUT2D eigenvalue weighted by atomic mass is 16.5. The lowest BCUT2D eigenvalue weighted by Gasteiger charge is -2.36. The maximum atomic E-state index is 13.4. The minimum Gasteiger partial charge on any atom is -0.493 e. The van der Waals surface area contributed by atoms with Crippen molar-refractivity contribution < 1.29 is 23.8 Å². The lowest BCUT2D eigenvalue weighted by atomic mass is 9.99. The molecule has 0 aromatic heterocycles. The van der Waals surface area contributed by atoms with Gasteiger partial charge in [0.05, 0.1) is 33.8 Å². The molecule has 0 spiro atoms. The number of nitrogens with zero attached hydrogens (tertiary/aromatic N) is 3. The van der Waals surface area contributed by atoms with E-state index in [0.717, 1.165) is 30.8 Å². The summed E-state index contributed by atoms with van der Waals surface area (Å²) < 4.78 is 16.6. The summed E-state index contributed by atoms with van der Waals surface area (Å²) in [5, 5.41) is 0. The van der Waals surface area contributed by atoms with Crippen molar-refractivity contribution in [3.63, 3.8) is 0 Å². The normalized spacial score (nSPS) is 16.9. The monoisotopic (exact) mass is 467 g/mol. The molecule has 2 heterocycles. The van der Waals surface area contributed by atoms with Crippen molar-refractivity contribution in [1.82, 2.24) is 14.7 Å². The average Bonchev–Trinajstić information content (AvgIpc) is 3.22. The Kier molecular flexibility index (Phi) is 7.26. The number of benzene rings is 2.